The maximum absolute atomic E-state index is 13.1. The number of hydrogen-bond donors (Lipinski definition) is 0. The molecule has 1 aliphatic heterocycles. The highest BCUT2D eigenvalue weighted by molar-refractivity contribution is 8.14. The number of piperazine rings is 1. The zero-order valence-electron chi connectivity index (χ0n) is 16.2. The molecule has 0 spiro atoms. The molecular weight excluding hydrogens is 392 g/mol. The Balaban J connectivity index is 1.66. The molecule has 1 aliphatic rings. The molecule has 0 aliphatic carbocycles. The lowest BCUT2D eigenvalue weighted by Gasteiger charge is -2.38. The quantitative estimate of drug-likeness (QED) is 0.732. The van der Waals surface area contributed by atoms with Crippen LogP contribution in [0.1, 0.15) is 18.1 Å². The van der Waals surface area contributed by atoms with E-state index >= 15 is 0 Å². The van der Waals surface area contributed by atoms with Gasteiger partial charge in [0, 0.05) is 43.8 Å². The monoisotopic (exact) mass is 416 g/mol. The molecule has 0 aromatic heterocycles. The second kappa shape index (κ2) is 9.48. The van der Waals surface area contributed by atoms with Crippen molar-refractivity contribution < 1.29 is 9.59 Å². The highest BCUT2D eigenvalue weighted by atomic mass is 35.5. The zero-order chi connectivity index (χ0) is 20.1. The van der Waals surface area contributed by atoms with Crippen LogP contribution >= 0.6 is 23.4 Å². The zero-order valence-corrected chi connectivity index (χ0v) is 17.8. The maximum Gasteiger partial charge on any atom is 0.236 e. The number of nitrogens with zero attached hydrogens (tertiary/aromatic N) is 2. The number of amides is 1. The van der Waals surface area contributed by atoms with E-state index in [2.05, 4.69) is 11.8 Å². The molecule has 1 unspecified atom stereocenters. The van der Waals surface area contributed by atoms with Gasteiger partial charge in [0.1, 0.15) is 0 Å². The van der Waals surface area contributed by atoms with Crippen molar-refractivity contribution >= 4 is 40.1 Å². The average molecular weight is 417 g/mol. The van der Waals surface area contributed by atoms with Gasteiger partial charge in [0.25, 0.3) is 0 Å². The van der Waals surface area contributed by atoms with Gasteiger partial charge in [0.2, 0.25) is 5.91 Å². The summed E-state index contributed by atoms with van der Waals surface area (Å²) in [6.45, 7) is 6.41. The van der Waals surface area contributed by atoms with E-state index in [1.54, 1.807) is 0 Å². The van der Waals surface area contributed by atoms with Crippen LogP contribution < -0.4 is 4.90 Å². The number of halogens is 1. The van der Waals surface area contributed by atoms with Crippen LogP contribution in [0, 0.1) is 6.92 Å². The Morgan fingerprint density at radius 3 is 2.39 bits per heavy atom. The lowest BCUT2D eigenvalue weighted by Crippen LogP contribution is -2.51. The number of aryl methyl sites for hydroxylation is 1. The minimum atomic E-state index is -0.376. The molecule has 1 heterocycles. The molecule has 28 heavy (non-hydrogen) atoms. The van der Waals surface area contributed by atoms with E-state index in [1.807, 2.05) is 53.4 Å². The molecule has 1 atom stereocenters. The highest BCUT2D eigenvalue weighted by Crippen LogP contribution is 2.26. The molecule has 0 radical (unpaired) electrons. The first kappa shape index (κ1) is 20.7. The molecular formula is C22H25ClN2O2S. The number of thioether (sulfide) groups is 1. The molecule has 0 saturated carbocycles. The van der Waals surface area contributed by atoms with Gasteiger partial charge in [0.15, 0.2) is 5.12 Å². The van der Waals surface area contributed by atoms with Crippen LogP contribution in [0.3, 0.4) is 0 Å². The second-order valence-corrected chi connectivity index (χ2v) is 8.85. The molecule has 6 heteroatoms. The van der Waals surface area contributed by atoms with E-state index in [9.17, 15) is 9.59 Å². The Morgan fingerprint density at radius 2 is 1.75 bits per heavy atom. The third-order valence-corrected chi connectivity index (χ3v) is 6.17. The van der Waals surface area contributed by atoms with Gasteiger partial charge in [0.05, 0.1) is 5.25 Å². The van der Waals surface area contributed by atoms with Crippen molar-refractivity contribution in [3.05, 3.63) is 64.7 Å². The molecule has 0 N–H and O–H groups in total. The Hall–Kier alpha value is -1.98. The molecule has 148 valence electrons. The predicted octanol–water partition coefficient (Wildman–Crippen LogP) is 4.19. The third-order valence-electron chi connectivity index (χ3n) is 4.95. The summed E-state index contributed by atoms with van der Waals surface area (Å²) in [5.74, 6) is 0.0477. The van der Waals surface area contributed by atoms with Gasteiger partial charge in [-0.15, -0.1) is 0 Å². The van der Waals surface area contributed by atoms with Crippen molar-refractivity contribution in [2.45, 2.75) is 25.5 Å². The van der Waals surface area contributed by atoms with Crippen LogP contribution in [0.2, 0.25) is 5.02 Å². The first-order valence-corrected chi connectivity index (χ1v) is 10.7. The first-order chi connectivity index (χ1) is 13.4. The molecule has 2 aromatic carbocycles. The van der Waals surface area contributed by atoms with Gasteiger partial charge in [-0.05, 0) is 36.6 Å². The van der Waals surface area contributed by atoms with Crippen molar-refractivity contribution in [1.29, 1.82) is 0 Å². The summed E-state index contributed by atoms with van der Waals surface area (Å²) in [4.78, 5) is 29.0. The van der Waals surface area contributed by atoms with E-state index in [-0.39, 0.29) is 16.3 Å². The Kier molecular flexibility index (Phi) is 7.03. The summed E-state index contributed by atoms with van der Waals surface area (Å²) >= 11 is 7.29. The third kappa shape index (κ3) is 5.30. The van der Waals surface area contributed by atoms with E-state index in [0.717, 1.165) is 41.1 Å². The topological polar surface area (TPSA) is 40.6 Å². The summed E-state index contributed by atoms with van der Waals surface area (Å²) in [6, 6.07) is 15.8. The largest absolute Gasteiger partial charge is 0.368 e. The van der Waals surface area contributed by atoms with Gasteiger partial charge in [-0.3, -0.25) is 9.59 Å². The van der Waals surface area contributed by atoms with Crippen LogP contribution in [0.4, 0.5) is 5.69 Å². The van der Waals surface area contributed by atoms with E-state index in [4.69, 9.17) is 11.6 Å². The second-order valence-electron chi connectivity index (χ2n) is 7.03. The first-order valence-electron chi connectivity index (χ1n) is 9.45. The molecule has 4 nitrogen and oxygen atoms in total. The van der Waals surface area contributed by atoms with Gasteiger partial charge >= 0.3 is 0 Å². The maximum atomic E-state index is 13.1. The van der Waals surface area contributed by atoms with Gasteiger partial charge in [-0.2, -0.15) is 0 Å². The van der Waals surface area contributed by atoms with Crippen molar-refractivity contribution in [3.8, 4) is 0 Å². The average Bonchev–Trinajstić information content (AvgIpc) is 2.69. The minimum absolute atomic E-state index is 0.0255. The number of hydrogen-bond acceptors (Lipinski definition) is 4. The minimum Gasteiger partial charge on any atom is -0.368 e. The van der Waals surface area contributed by atoms with E-state index < -0.39 is 0 Å². The molecule has 3 rings (SSSR count). The summed E-state index contributed by atoms with van der Waals surface area (Å²) in [5, 5.41) is 0.321. The van der Waals surface area contributed by atoms with Crippen molar-refractivity contribution in [1.82, 2.24) is 4.90 Å². The van der Waals surface area contributed by atoms with Gasteiger partial charge < -0.3 is 9.80 Å². The fourth-order valence-electron chi connectivity index (χ4n) is 3.50. The molecule has 1 fully saturated rings. The van der Waals surface area contributed by atoms with Crippen LogP contribution in [-0.4, -0.2) is 47.4 Å². The van der Waals surface area contributed by atoms with E-state index in [0.29, 0.717) is 19.5 Å². The fraction of sp³-hybridized carbons (Fsp3) is 0.364. The summed E-state index contributed by atoms with van der Waals surface area (Å²) in [7, 11) is 0. The van der Waals surface area contributed by atoms with Crippen LogP contribution in [0.5, 0.6) is 0 Å². The van der Waals surface area contributed by atoms with E-state index in [1.165, 1.54) is 12.5 Å². The molecule has 1 saturated heterocycles. The summed E-state index contributed by atoms with van der Waals surface area (Å²) in [6.07, 6.45) is 0.567. The number of carbonyl (C=O) groups is 2. The Bertz CT molecular complexity index is 836. The fourth-order valence-corrected chi connectivity index (χ4v) is 4.60. The SMILES string of the molecule is CC(=O)SC(Cc1ccccc1)C(=O)N1CCN(c2cc(Cl)ccc2C)CC1. The number of carbonyl (C=O) groups excluding carboxylic acids is 2. The van der Waals surface area contributed by atoms with Crippen LogP contribution in [0.15, 0.2) is 48.5 Å². The smallest absolute Gasteiger partial charge is 0.236 e. The van der Waals surface area contributed by atoms with Crippen LogP contribution in [0.25, 0.3) is 0 Å². The molecule has 1 amide bonds. The number of rotatable bonds is 5. The van der Waals surface area contributed by atoms with Crippen molar-refractivity contribution in [2.24, 2.45) is 0 Å². The summed E-state index contributed by atoms with van der Waals surface area (Å²) < 4.78 is 0. The Morgan fingerprint density at radius 1 is 1.07 bits per heavy atom. The van der Waals surface area contributed by atoms with Gasteiger partial charge in [-0.1, -0.05) is 59.8 Å². The predicted molar refractivity (Wildman–Crippen MR) is 117 cm³/mol. The number of anilines is 1. The molecule has 2 aromatic rings. The van der Waals surface area contributed by atoms with Crippen molar-refractivity contribution in [2.75, 3.05) is 31.1 Å². The van der Waals surface area contributed by atoms with Gasteiger partial charge in [-0.25, -0.2) is 0 Å². The molecule has 0 bridgehead atoms. The van der Waals surface area contributed by atoms with Crippen molar-refractivity contribution in [3.63, 3.8) is 0 Å². The normalized spacial score (nSPS) is 15.4. The highest BCUT2D eigenvalue weighted by Gasteiger charge is 2.29. The number of benzene rings is 2. The summed E-state index contributed by atoms with van der Waals surface area (Å²) in [5.41, 5.74) is 3.37. The standard InChI is InChI=1S/C22H25ClN2O2S/c1-16-8-9-19(23)15-20(16)24-10-12-25(13-11-24)22(27)21(28-17(2)26)14-18-6-4-3-5-7-18/h3-9,15,21H,10-14H2,1-2H3. The lowest BCUT2D eigenvalue weighted by molar-refractivity contribution is -0.131. The Labute approximate surface area is 175 Å². The van der Waals surface area contributed by atoms with Crippen LogP contribution in [-0.2, 0) is 16.0 Å². The lowest BCUT2D eigenvalue weighted by atomic mass is 10.1.